The van der Waals surface area contributed by atoms with Gasteiger partial charge in [0.05, 0.1) is 6.54 Å². The van der Waals surface area contributed by atoms with Gasteiger partial charge >= 0.3 is 6.03 Å². The van der Waals surface area contributed by atoms with Crippen molar-refractivity contribution in [3.63, 3.8) is 0 Å². The fraction of sp³-hybridized carbons (Fsp3) is 0.400. The average Bonchev–Trinajstić information content (AvgIpc) is 2.78. The molecule has 3 N–H and O–H groups in total. The zero-order chi connectivity index (χ0) is 21.2. The number of piperazine rings is 1. The van der Waals surface area contributed by atoms with Crippen LogP contribution in [0.5, 0.6) is 0 Å². The SMILES string of the molecule is O=C(CNC(=O)NCc1ccc(F)cc1)NCCN1CCN(c2ncccn2)CC1. The molecule has 3 rings (SSSR count). The van der Waals surface area contributed by atoms with Crippen LogP contribution in [0.15, 0.2) is 42.7 Å². The molecule has 1 aromatic carbocycles. The van der Waals surface area contributed by atoms with Crippen LogP contribution >= 0.6 is 0 Å². The van der Waals surface area contributed by atoms with E-state index < -0.39 is 6.03 Å². The molecule has 1 fully saturated rings. The Balaban J connectivity index is 1.24. The third kappa shape index (κ3) is 6.96. The van der Waals surface area contributed by atoms with Gasteiger partial charge in [0.1, 0.15) is 5.82 Å². The third-order valence-electron chi connectivity index (χ3n) is 4.73. The van der Waals surface area contributed by atoms with Crippen molar-refractivity contribution in [2.45, 2.75) is 6.54 Å². The summed E-state index contributed by atoms with van der Waals surface area (Å²) in [7, 11) is 0. The van der Waals surface area contributed by atoms with E-state index in [-0.39, 0.29) is 24.8 Å². The van der Waals surface area contributed by atoms with Gasteiger partial charge in [-0.05, 0) is 23.8 Å². The minimum absolute atomic E-state index is 0.103. The molecule has 10 heteroatoms. The molecular weight excluding hydrogens is 389 g/mol. The van der Waals surface area contributed by atoms with Crippen LogP contribution in [-0.4, -0.2) is 72.6 Å². The molecule has 2 heterocycles. The van der Waals surface area contributed by atoms with E-state index in [1.165, 1.54) is 12.1 Å². The normalized spacial score (nSPS) is 14.2. The lowest BCUT2D eigenvalue weighted by molar-refractivity contribution is -0.120. The maximum absolute atomic E-state index is 12.8. The number of hydrogen-bond donors (Lipinski definition) is 3. The highest BCUT2D eigenvalue weighted by atomic mass is 19.1. The number of aromatic nitrogens is 2. The highest BCUT2D eigenvalue weighted by Crippen LogP contribution is 2.09. The van der Waals surface area contributed by atoms with Gasteiger partial charge in [0.15, 0.2) is 0 Å². The Morgan fingerprint density at radius 2 is 1.67 bits per heavy atom. The number of halogens is 1. The molecule has 0 spiro atoms. The summed E-state index contributed by atoms with van der Waals surface area (Å²) < 4.78 is 12.8. The van der Waals surface area contributed by atoms with Crippen LogP contribution in [0.25, 0.3) is 0 Å². The Kier molecular flexibility index (Phi) is 7.90. The molecule has 1 aliphatic rings. The summed E-state index contributed by atoms with van der Waals surface area (Å²) >= 11 is 0. The second-order valence-corrected chi connectivity index (χ2v) is 6.89. The lowest BCUT2D eigenvalue weighted by atomic mass is 10.2. The van der Waals surface area contributed by atoms with Crippen molar-refractivity contribution in [1.82, 2.24) is 30.8 Å². The van der Waals surface area contributed by atoms with Crippen LogP contribution in [0.3, 0.4) is 0 Å². The number of benzene rings is 1. The third-order valence-corrected chi connectivity index (χ3v) is 4.73. The molecular formula is C20H26FN7O2. The predicted octanol–water partition coefficient (Wildman–Crippen LogP) is 0.353. The van der Waals surface area contributed by atoms with Crippen molar-refractivity contribution in [2.24, 2.45) is 0 Å². The molecule has 1 aromatic heterocycles. The van der Waals surface area contributed by atoms with Gasteiger partial charge in [-0.15, -0.1) is 0 Å². The van der Waals surface area contributed by atoms with Crippen molar-refractivity contribution in [3.8, 4) is 0 Å². The van der Waals surface area contributed by atoms with Gasteiger partial charge in [-0.3, -0.25) is 9.69 Å². The summed E-state index contributed by atoms with van der Waals surface area (Å²) in [6, 6.07) is 7.19. The summed E-state index contributed by atoms with van der Waals surface area (Å²) in [5.74, 6) is 0.171. The van der Waals surface area contributed by atoms with Crippen LogP contribution in [0.2, 0.25) is 0 Å². The van der Waals surface area contributed by atoms with Crippen molar-refractivity contribution >= 4 is 17.9 Å². The average molecular weight is 415 g/mol. The molecule has 0 aliphatic carbocycles. The standard InChI is InChI=1S/C20H26FN7O2/c21-17-4-2-16(3-5-17)14-25-20(30)26-15-18(29)22-8-9-27-10-12-28(13-11-27)19-23-6-1-7-24-19/h1-7H,8-15H2,(H,22,29)(H2,25,26,30). The van der Waals surface area contributed by atoms with Crippen LogP contribution in [0, 0.1) is 5.82 Å². The quantitative estimate of drug-likeness (QED) is 0.575. The molecule has 0 bridgehead atoms. The van der Waals surface area contributed by atoms with Crippen LogP contribution in [0.1, 0.15) is 5.56 Å². The molecule has 1 aliphatic heterocycles. The van der Waals surface area contributed by atoms with Crippen molar-refractivity contribution < 1.29 is 14.0 Å². The number of anilines is 1. The minimum atomic E-state index is -0.450. The zero-order valence-electron chi connectivity index (χ0n) is 16.7. The smallest absolute Gasteiger partial charge is 0.315 e. The zero-order valence-corrected chi connectivity index (χ0v) is 16.7. The molecule has 3 amide bonds. The van der Waals surface area contributed by atoms with E-state index in [2.05, 4.69) is 35.7 Å². The number of amides is 3. The van der Waals surface area contributed by atoms with Gasteiger partial charge < -0.3 is 20.9 Å². The number of urea groups is 1. The molecule has 2 aromatic rings. The Morgan fingerprint density at radius 3 is 2.37 bits per heavy atom. The molecule has 0 atom stereocenters. The number of nitrogens with one attached hydrogen (secondary N) is 3. The number of rotatable bonds is 8. The number of nitrogens with zero attached hydrogens (tertiary/aromatic N) is 4. The first-order chi connectivity index (χ1) is 14.6. The fourth-order valence-electron chi connectivity index (χ4n) is 3.05. The Morgan fingerprint density at radius 1 is 0.967 bits per heavy atom. The second-order valence-electron chi connectivity index (χ2n) is 6.89. The summed E-state index contributed by atoms with van der Waals surface area (Å²) in [6.45, 7) is 4.84. The fourth-order valence-corrected chi connectivity index (χ4v) is 3.05. The molecule has 0 unspecified atom stereocenters. The van der Waals surface area contributed by atoms with Crippen molar-refractivity contribution in [2.75, 3.05) is 50.7 Å². The predicted molar refractivity (Wildman–Crippen MR) is 110 cm³/mol. The maximum atomic E-state index is 12.8. The maximum Gasteiger partial charge on any atom is 0.315 e. The van der Waals surface area contributed by atoms with E-state index >= 15 is 0 Å². The summed E-state index contributed by atoms with van der Waals surface area (Å²) in [6.07, 6.45) is 3.47. The Hall–Kier alpha value is -3.27. The molecule has 1 saturated heterocycles. The molecule has 30 heavy (non-hydrogen) atoms. The highest BCUT2D eigenvalue weighted by Gasteiger charge is 2.18. The largest absolute Gasteiger partial charge is 0.353 e. The van der Waals surface area contributed by atoms with Gasteiger partial charge in [-0.1, -0.05) is 12.1 Å². The number of carbonyl (C=O) groups is 2. The topological polar surface area (TPSA) is 102 Å². The van der Waals surface area contributed by atoms with Crippen molar-refractivity contribution in [3.05, 3.63) is 54.1 Å². The van der Waals surface area contributed by atoms with E-state index in [1.54, 1.807) is 30.6 Å². The van der Waals surface area contributed by atoms with Gasteiger partial charge in [-0.25, -0.2) is 19.2 Å². The molecule has 160 valence electrons. The summed E-state index contributed by atoms with van der Waals surface area (Å²) in [4.78, 5) is 36.6. The highest BCUT2D eigenvalue weighted by molar-refractivity contribution is 5.83. The molecule has 9 nitrogen and oxygen atoms in total. The van der Waals surface area contributed by atoms with Gasteiger partial charge in [-0.2, -0.15) is 0 Å². The summed E-state index contributed by atoms with van der Waals surface area (Å²) in [5.41, 5.74) is 0.773. The van der Waals surface area contributed by atoms with E-state index in [9.17, 15) is 14.0 Å². The molecule has 0 saturated carbocycles. The van der Waals surface area contributed by atoms with Crippen LogP contribution < -0.4 is 20.9 Å². The van der Waals surface area contributed by atoms with Crippen LogP contribution in [-0.2, 0) is 11.3 Å². The van der Waals surface area contributed by atoms with E-state index in [1.807, 2.05) is 0 Å². The first-order valence-corrected chi connectivity index (χ1v) is 9.87. The van der Waals surface area contributed by atoms with Gasteiger partial charge in [0.2, 0.25) is 11.9 Å². The lowest BCUT2D eigenvalue weighted by Gasteiger charge is -2.34. The van der Waals surface area contributed by atoms with E-state index in [0.29, 0.717) is 6.54 Å². The number of carbonyl (C=O) groups excluding carboxylic acids is 2. The second kappa shape index (κ2) is 11.1. The Labute approximate surface area is 174 Å². The van der Waals surface area contributed by atoms with Gasteiger partial charge in [0, 0.05) is 58.2 Å². The van der Waals surface area contributed by atoms with Crippen LogP contribution in [0.4, 0.5) is 15.1 Å². The number of hydrogen-bond acceptors (Lipinski definition) is 6. The Bertz CT molecular complexity index is 812. The van der Waals surface area contributed by atoms with Gasteiger partial charge in [0.25, 0.3) is 0 Å². The minimum Gasteiger partial charge on any atom is -0.353 e. The molecule has 0 radical (unpaired) electrons. The summed E-state index contributed by atoms with van der Waals surface area (Å²) in [5, 5.41) is 7.93. The lowest BCUT2D eigenvalue weighted by Crippen LogP contribution is -2.49. The monoisotopic (exact) mass is 415 g/mol. The van der Waals surface area contributed by atoms with Crippen molar-refractivity contribution in [1.29, 1.82) is 0 Å². The van der Waals surface area contributed by atoms with E-state index in [4.69, 9.17) is 0 Å². The first-order valence-electron chi connectivity index (χ1n) is 9.87. The van der Waals surface area contributed by atoms with E-state index in [0.717, 1.165) is 44.2 Å². The first kappa shape index (κ1) is 21.4.